The molecule has 0 amide bonds. The maximum atomic E-state index is 9.04. The van der Waals surface area contributed by atoms with Crippen molar-refractivity contribution >= 4 is 23.2 Å². The molecule has 1 N–H and O–H groups in total. The summed E-state index contributed by atoms with van der Waals surface area (Å²) in [6.45, 7) is 2.16. The Kier molecular flexibility index (Phi) is 3.66. The minimum absolute atomic E-state index is 0.123. The highest BCUT2D eigenvalue weighted by Gasteiger charge is 2.11. The summed E-state index contributed by atoms with van der Waals surface area (Å²) in [5, 5.41) is 18.0. The summed E-state index contributed by atoms with van der Waals surface area (Å²) < 4.78 is 1.67. The molecule has 0 bridgehead atoms. The third-order valence-corrected chi connectivity index (χ3v) is 3.31. The number of hydrogen-bond acceptors (Lipinski definition) is 3. The predicted molar refractivity (Wildman–Crippen MR) is 66.2 cm³/mol. The highest BCUT2D eigenvalue weighted by molar-refractivity contribution is 6.35. The van der Waals surface area contributed by atoms with Crippen LogP contribution in [0, 0.1) is 6.92 Å². The molecule has 0 fully saturated rings. The van der Waals surface area contributed by atoms with E-state index >= 15 is 0 Å². The molecule has 0 saturated carbocycles. The molecule has 0 aliphatic carbocycles. The number of halogens is 2. The lowest BCUT2D eigenvalue weighted by Crippen LogP contribution is -2.05. The monoisotopic (exact) mass is 271 g/mol. The molecule has 1 heterocycles. The minimum atomic E-state index is -0.123. The van der Waals surface area contributed by atoms with Crippen LogP contribution in [0.3, 0.4) is 0 Å². The molecule has 17 heavy (non-hydrogen) atoms. The molecular weight excluding hydrogens is 261 g/mol. The predicted octanol–water partition coefficient (Wildman–Crippen LogP) is 2.43. The van der Waals surface area contributed by atoms with Gasteiger partial charge in [0, 0.05) is 15.6 Å². The first-order chi connectivity index (χ1) is 8.13. The maximum absolute atomic E-state index is 9.04. The lowest BCUT2D eigenvalue weighted by atomic mass is 10.2. The molecule has 4 nitrogen and oxygen atoms in total. The maximum Gasteiger partial charge on any atom is 0.111 e. The highest BCUT2D eigenvalue weighted by atomic mass is 35.5. The van der Waals surface area contributed by atoms with E-state index in [0.29, 0.717) is 22.3 Å². The van der Waals surface area contributed by atoms with Crippen molar-refractivity contribution in [3.63, 3.8) is 0 Å². The normalized spacial score (nSPS) is 10.8. The van der Waals surface area contributed by atoms with Crippen LogP contribution in [0.4, 0.5) is 0 Å². The van der Waals surface area contributed by atoms with E-state index in [2.05, 4.69) is 10.3 Å². The van der Waals surface area contributed by atoms with Crippen molar-refractivity contribution in [2.24, 2.45) is 0 Å². The van der Waals surface area contributed by atoms with Gasteiger partial charge in [-0.3, -0.25) is 0 Å². The molecule has 0 spiro atoms. The van der Waals surface area contributed by atoms with E-state index < -0.39 is 0 Å². The quantitative estimate of drug-likeness (QED) is 0.933. The fourth-order valence-electron chi connectivity index (χ4n) is 1.53. The summed E-state index contributed by atoms with van der Waals surface area (Å²) in [6, 6.07) is 5.35. The third-order valence-electron chi connectivity index (χ3n) is 2.60. The Morgan fingerprint density at radius 3 is 2.47 bits per heavy atom. The fourth-order valence-corrected chi connectivity index (χ4v) is 2.04. The van der Waals surface area contributed by atoms with E-state index in [1.807, 2.05) is 6.92 Å². The average Bonchev–Trinajstić information content (AvgIpc) is 2.65. The summed E-state index contributed by atoms with van der Waals surface area (Å²) in [4.78, 5) is 0. The van der Waals surface area contributed by atoms with E-state index in [9.17, 15) is 0 Å². The van der Waals surface area contributed by atoms with Crippen LogP contribution in [-0.2, 0) is 13.2 Å². The lowest BCUT2D eigenvalue weighted by Gasteiger charge is -2.07. The van der Waals surface area contributed by atoms with Crippen molar-refractivity contribution < 1.29 is 5.11 Å². The van der Waals surface area contributed by atoms with Crippen molar-refractivity contribution in [2.75, 3.05) is 0 Å². The van der Waals surface area contributed by atoms with Gasteiger partial charge in [0.25, 0.3) is 0 Å². The molecule has 1 aromatic heterocycles. The van der Waals surface area contributed by atoms with Gasteiger partial charge in [-0.2, -0.15) is 0 Å². The van der Waals surface area contributed by atoms with Gasteiger partial charge in [0.15, 0.2) is 0 Å². The number of aliphatic hydroxyl groups is 1. The van der Waals surface area contributed by atoms with Crippen molar-refractivity contribution in [3.05, 3.63) is 45.2 Å². The zero-order valence-electron chi connectivity index (χ0n) is 9.19. The van der Waals surface area contributed by atoms with Gasteiger partial charge in [-0.1, -0.05) is 34.5 Å². The minimum Gasteiger partial charge on any atom is -0.390 e. The molecule has 0 radical (unpaired) electrons. The molecule has 0 aliphatic rings. The molecular formula is C11H11Cl2N3O. The summed E-state index contributed by atoms with van der Waals surface area (Å²) >= 11 is 12.2. The van der Waals surface area contributed by atoms with Crippen LogP contribution < -0.4 is 0 Å². The van der Waals surface area contributed by atoms with Crippen molar-refractivity contribution in [1.82, 2.24) is 15.0 Å². The number of aliphatic hydroxyl groups excluding tert-OH is 1. The smallest absolute Gasteiger partial charge is 0.111 e. The van der Waals surface area contributed by atoms with Crippen LogP contribution in [-0.4, -0.2) is 20.1 Å². The van der Waals surface area contributed by atoms with Gasteiger partial charge >= 0.3 is 0 Å². The standard InChI is InChI=1S/C11H11Cl2N3O/c1-7-11(6-17)14-15-16(7)5-8-9(12)3-2-4-10(8)13/h2-4,17H,5-6H2,1H3. The first kappa shape index (κ1) is 12.4. The van der Waals surface area contributed by atoms with Crippen LogP contribution in [0.1, 0.15) is 17.0 Å². The van der Waals surface area contributed by atoms with Gasteiger partial charge in [-0.15, -0.1) is 5.10 Å². The summed E-state index contributed by atoms with van der Waals surface area (Å²) in [7, 11) is 0. The van der Waals surface area contributed by atoms with Gasteiger partial charge in [-0.05, 0) is 19.1 Å². The Morgan fingerprint density at radius 2 is 1.94 bits per heavy atom. The second-order valence-corrected chi connectivity index (χ2v) is 4.45. The summed E-state index contributed by atoms with van der Waals surface area (Å²) in [5.74, 6) is 0. The van der Waals surface area contributed by atoms with E-state index in [0.717, 1.165) is 11.3 Å². The molecule has 0 saturated heterocycles. The zero-order valence-corrected chi connectivity index (χ0v) is 10.7. The SMILES string of the molecule is Cc1c(CO)nnn1Cc1c(Cl)cccc1Cl. The third kappa shape index (κ3) is 2.44. The molecule has 0 aliphatic heterocycles. The van der Waals surface area contributed by atoms with Crippen LogP contribution in [0.5, 0.6) is 0 Å². The Balaban J connectivity index is 2.35. The van der Waals surface area contributed by atoms with Gasteiger partial charge in [-0.25, -0.2) is 4.68 Å². The number of hydrogen-bond donors (Lipinski definition) is 1. The highest BCUT2D eigenvalue weighted by Crippen LogP contribution is 2.25. The van der Waals surface area contributed by atoms with Crippen LogP contribution in [0.2, 0.25) is 10.0 Å². The molecule has 6 heteroatoms. The largest absolute Gasteiger partial charge is 0.390 e. The Labute approximate surface area is 109 Å². The first-order valence-corrected chi connectivity index (χ1v) is 5.81. The fraction of sp³-hybridized carbons (Fsp3) is 0.273. The Bertz CT molecular complexity index is 519. The Hall–Kier alpha value is -1.10. The van der Waals surface area contributed by atoms with Crippen LogP contribution >= 0.6 is 23.2 Å². The Morgan fingerprint density at radius 1 is 1.29 bits per heavy atom. The number of aromatic nitrogens is 3. The average molecular weight is 272 g/mol. The van der Waals surface area contributed by atoms with Crippen LogP contribution in [0.25, 0.3) is 0 Å². The van der Waals surface area contributed by atoms with Gasteiger partial charge < -0.3 is 5.11 Å². The summed E-state index contributed by atoms with van der Waals surface area (Å²) in [5.41, 5.74) is 2.17. The first-order valence-electron chi connectivity index (χ1n) is 5.06. The van der Waals surface area contributed by atoms with Gasteiger partial charge in [0.1, 0.15) is 5.69 Å². The molecule has 90 valence electrons. The topological polar surface area (TPSA) is 50.9 Å². The number of benzene rings is 1. The molecule has 0 unspecified atom stereocenters. The summed E-state index contributed by atoms with van der Waals surface area (Å²) in [6.07, 6.45) is 0. The molecule has 2 rings (SSSR count). The van der Waals surface area contributed by atoms with Crippen molar-refractivity contribution in [3.8, 4) is 0 Å². The second-order valence-electron chi connectivity index (χ2n) is 3.64. The van der Waals surface area contributed by atoms with Gasteiger partial charge in [0.2, 0.25) is 0 Å². The second kappa shape index (κ2) is 5.04. The van der Waals surface area contributed by atoms with Crippen LogP contribution in [0.15, 0.2) is 18.2 Å². The van der Waals surface area contributed by atoms with Crippen molar-refractivity contribution in [2.45, 2.75) is 20.1 Å². The van der Waals surface area contributed by atoms with E-state index in [-0.39, 0.29) is 6.61 Å². The van der Waals surface area contributed by atoms with Crippen molar-refractivity contribution in [1.29, 1.82) is 0 Å². The lowest BCUT2D eigenvalue weighted by molar-refractivity contribution is 0.276. The van der Waals surface area contributed by atoms with Gasteiger partial charge in [0.05, 0.1) is 18.8 Å². The number of nitrogens with zero attached hydrogens (tertiary/aromatic N) is 3. The van der Waals surface area contributed by atoms with E-state index in [4.69, 9.17) is 28.3 Å². The molecule has 1 aromatic carbocycles. The van der Waals surface area contributed by atoms with E-state index in [1.165, 1.54) is 0 Å². The molecule has 2 aromatic rings. The zero-order chi connectivity index (χ0) is 12.4. The molecule has 0 atom stereocenters. The van der Waals surface area contributed by atoms with E-state index in [1.54, 1.807) is 22.9 Å². The number of rotatable bonds is 3.